The van der Waals surface area contributed by atoms with Crippen LogP contribution in [0.4, 0.5) is 0 Å². The van der Waals surface area contributed by atoms with Crippen LogP contribution >= 0.6 is 64.4 Å². The molecule has 0 unspecified atom stereocenters. The predicted molar refractivity (Wildman–Crippen MR) is 51.3 cm³/mol. The normalized spacial score (nSPS) is 0. The van der Waals surface area contributed by atoms with Crippen LogP contribution in [0.5, 0.6) is 0 Å². The van der Waals surface area contributed by atoms with E-state index in [-0.39, 0.29) is 72.9 Å². The molecule has 0 radical (unpaired) electrons. The van der Waals surface area contributed by atoms with Gasteiger partial charge in [-0.2, -0.15) is 13.5 Å². The van der Waals surface area contributed by atoms with Crippen LogP contribution in [-0.4, -0.2) is 8.41 Å². The molecule has 0 nitrogen and oxygen atoms in total. The van der Waals surface area contributed by atoms with Crippen molar-refractivity contribution in [1.29, 1.82) is 0 Å². The van der Waals surface area contributed by atoms with E-state index in [4.69, 9.17) is 0 Å². The average Bonchev–Trinajstić information content (AvgIpc) is 0. The Labute approximate surface area is 72.4 Å². The van der Waals surface area contributed by atoms with Gasteiger partial charge in [-0.3, -0.25) is 0 Å². The van der Waals surface area contributed by atoms with Gasteiger partial charge in [0.15, 0.2) is 0 Å². The highest BCUT2D eigenvalue weighted by Gasteiger charge is 0.0814. The van der Waals surface area contributed by atoms with E-state index in [0.29, 0.717) is 0 Å². The van der Waals surface area contributed by atoms with Crippen LogP contribution in [0.3, 0.4) is 0 Å². The monoisotopic (exact) mass is 288 g/mol. The summed E-state index contributed by atoms with van der Waals surface area (Å²) in [4.78, 5) is 0. The smallest absolute Gasteiger partial charge is 0.0814 e. The second kappa shape index (κ2) is 40.1. The molecule has 38 valence electrons. The average molecular weight is 291 g/mol. The Morgan fingerprint density at radius 2 is 0.600 bits per heavy atom. The summed E-state index contributed by atoms with van der Waals surface area (Å²) in [5.41, 5.74) is 0. The lowest BCUT2D eigenvalue weighted by atomic mass is 10.8. The Balaban J connectivity index is 0. The highest BCUT2D eigenvalue weighted by atomic mass is 79.9. The van der Waals surface area contributed by atoms with Crippen LogP contribution < -0.4 is 0 Å². The maximum Gasteiger partial charge on any atom is 0.0814 e. The Morgan fingerprint density at radius 3 is 0.600 bits per heavy atom. The van der Waals surface area contributed by atoms with Crippen molar-refractivity contribution in [1.82, 2.24) is 0 Å². The molecule has 0 aromatic rings. The number of hydrogen-bond donors (Lipinski definition) is 0. The van der Waals surface area contributed by atoms with Crippen LogP contribution in [0.1, 0.15) is 0 Å². The Hall–Kier alpha value is 1.85. The fourth-order valence-electron chi connectivity index (χ4n) is 0. The minimum atomic E-state index is 0. The van der Waals surface area contributed by atoms with Crippen LogP contribution in [0.15, 0.2) is 0 Å². The maximum atomic E-state index is 0. The molecule has 0 aliphatic heterocycles. The van der Waals surface area contributed by atoms with Gasteiger partial charge in [0.25, 0.3) is 0 Å². The molecule has 0 aliphatic carbocycles. The van der Waals surface area contributed by atoms with Gasteiger partial charge >= 0.3 is 0 Å². The van der Waals surface area contributed by atoms with E-state index in [9.17, 15) is 0 Å². The van der Waals surface area contributed by atoms with Crippen molar-refractivity contribution in [2.24, 2.45) is 0 Å². The molecule has 0 saturated heterocycles. The largest absolute Gasteiger partial charge is 0.197 e. The van der Waals surface area contributed by atoms with Crippen molar-refractivity contribution in [3.05, 3.63) is 0 Å². The van der Waals surface area contributed by atoms with Crippen LogP contribution in [0.25, 0.3) is 0 Å². The SMILES string of the molecule is B.Br.Br.Br.S. The molecule has 0 N–H and O–H groups in total. The van der Waals surface area contributed by atoms with E-state index in [1.165, 1.54) is 0 Å². The molecule has 0 atom stereocenters. The highest BCUT2D eigenvalue weighted by molar-refractivity contribution is 8.93. The topological polar surface area (TPSA) is 0 Å². The van der Waals surface area contributed by atoms with Gasteiger partial charge in [-0.05, 0) is 0 Å². The lowest BCUT2D eigenvalue weighted by Crippen LogP contribution is -0.381. The minimum absolute atomic E-state index is 0. The molecular weight excluding hydrogens is 283 g/mol. The maximum absolute atomic E-state index is 0. The zero-order chi connectivity index (χ0) is 0. The fourth-order valence-corrected chi connectivity index (χ4v) is 0. The molecule has 0 amide bonds. The van der Waals surface area contributed by atoms with Crippen molar-refractivity contribution in [3.8, 4) is 0 Å². The first-order valence-electron chi connectivity index (χ1n) is 0. The van der Waals surface area contributed by atoms with Gasteiger partial charge < -0.3 is 0 Å². The van der Waals surface area contributed by atoms with E-state index >= 15 is 0 Å². The summed E-state index contributed by atoms with van der Waals surface area (Å²) >= 11 is 0. The summed E-state index contributed by atoms with van der Waals surface area (Å²) in [5.74, 6) is 0. The standard InChI is InChI=1S/BH3.3BrH.H2S/h1H3;3*1H;1H2. The summed E-state index contributed by atoms with van der Waals surface area (Å²) in [6.07, 6.45) is 0. The van der Waals surface area contributed by atoms with Crippen molar-refractivity contribution in [2.45, 2.75) is 0 Å². The van der Waals surface area contributed by atoms with Gasteiger partial charge in [0.2, 0.25) is 0 Å². The Kier molecular flexibility index (Phi) is 548. The zero-order valence-corrected chi connectivity index (χ0v) is 7.86. The number of rotatable bonds is 0. The minimum Gasteiger partial charge on any atom is -0.197 e. The zero-order valence-electron chi connectivity index (χ0n) is 1.72. The predicted octanol–water partition coefficient (Wildman–Crippen LogP) is 0.663. The Morgan fingerprint density at radius 1 is 0.600 bits per heavy atom. The van der Waals surface area contributed by atoms with Crippen LogP contribution in [0.2, 0.25) is 0 Å². The molecule has 5 heteroatoms. The molecule has 0 bridgehead atoms. The van der Waals surface area contributed by atoms with Gasteiger partial charge in [-0.1, -0.05) is 0 Å². The first-order valence-corrected chi connectivity index (χ1v) is 0. The summed E-state index contributed by atoms with van der Waals surface area (Å²) in [7, 11) is 0. The summed E-state index contributed by atoms with van der Waals surface area (Å²) < 4.78 is 0. The number of halogens is 3. The first kappa shape index (κ1) is 68.3. The fraction of sp³-hybridized carbons (Fsp3) is 0. The molecule has 0 saturated carbocycles. The van der Waals surface area contributed by atoms with Crippen molar-refractivity contribution < 1.29 is 0 Å². The second-order valence-corrected chi connectivity index (χ2v) is 0. The third-order valence-corrected chi connectivity index (χ3v) is 0. The van der Waals surface area contributed by atoms with E-state index < -0.39 is 0 Å². The summed E-state index contributed by atoms with van der Waals surface area (Å²) in [6, 6.07) is 0. The molecule has 0 aliphatic rings. The third kappa shape index (κ3) is 25.3. The molecule has 5 heavy (non-hydrogen) atoms. The molecule has 0 fully saturated rings. The van der Waals surface area contributed by atoms with Crippen molar-refractivity contribution in [2.75, 3.05) is 0 Å². The van der Waals surface area contributed by atoms with Crippen molar-refractivity contribution in [3.63, 3.8) is 0 Å². The van der Waals surface area contributed by atoms with Gasteiger partial charge in [0, 0.05) is 0 Å². The molecule has 0 aromatic heterocycles. The third-order valence-electron chi connectivity index (χ3n) is 0. The van der Waals surface area contributed by atoms with Gasteiger partial charge in [0.05, 0.1) is 8.41 Å². The highest BCUT2D eigenvalue weighted by Crippen LogP contribution is 0.848. The lowest BCUT2D eigenvalue weighted by Gasteiger charge is -0.197. The Bertz CT molecular complexity index is 6.85. The van der Waals surface area contributed by atoms with Crippen LogP contribution in [-0.2, 0) is 0 Å². The second-order valence-electron chi connectivity index (χ2n) is 0. The summed E-state index contributed by atoms with van der Waals surface area (Å²) in [5, 5.41) is 0. The molecule has 0 spiro atoms. The van der Waals surface area contributed by atoms with E-state index in [0.717, 1.165) is 0 Å². The number of hydrogen-bond acceptors (Lipinski definition) is 0. The molecule has 0 rings (SSSR count). The van der Waals surface area contributed by atoms with E-state index in [2.05, 4.69) is 0 Å². The summed E-state index contributed by atoms with van der Waals surface area (Å²) in [6.45, 7) is 0. The van der Waals surface area contributed by atoms with E-state index in [1.807, 2.05) is 0 Å². The van der Waals surface area contributed by atoms with Gasteiger partial charge in [0.1, 0.15) is 0 Å². The quantitative estimate of drug-likeness (QED) is 0.575. The molecular formula is H8BBr3S. The molecule has 0 heterocycles. The van der Waals surface area contributed by atoms with Crippen molar-refractivity contribution >= 4 is 72.9 Å². The van der Waals surface area contributed by atoms with Gasteiger partial charge in [-0.15, -0.1) is 50.9 Å². The lowest BCUT2D eigenvalue weighted by molar-refractivity contribution is 5.75. The van der Waals surface area contributed by atoms with E-state index in [1.54, 1.807) is 0 Å². The van der Waals surface area contributed by atoms with Crippen LogP contribution in [0, 0.1) is 0 Å². The van der Waals surface area contributed by atoms with Gasteiger partial charge in [-0.25, -0.2) is 0 Å². The first-order chi connectivity index (χ1) is 0. The molecule has 0 aromatic carbocycles.